The van der Waals surface area contributed by atoms with Crippen LogP contribution in [0.5, 0.6) is 0 Å². The Morgan fingerprint density at radius 2 is 2.10 bits per heavy atom. The number of aliphatic hydroxyl groups is 1. The second kappa shape index (κ2) is 7.09. The molecule has 20 heavy (non-hydrogen) atoms. The van der Waals surface area contributed by atoms with Crippen molar-refractivity contribution in [3.8, 4) is 0 Å². The molecule has 6 heteroatoms. The number of hydrogen-bond donors (Lipinski definition) is 3. The molecule has 0 aromatic carbocycles. The van der Waals surface area contributed by atoms with E-state index in [0.29, 0.717) is 5.76 Å². The molecule has 1 saturated carbocycles. The first kappa shape index (κ1) is 14.6. The monoisotopic (exact) mass is 280 g/mol. The number of rotatable bonds is 6. The van der Waals surface area contributed by atoms with Crippen LogP contribution in [-0.2, 0) is 9.59 Å². The summed E-state index contributed by atoms with van der Waals surface area (Å²) in [5.74, 6) is 0.0861. The lowest BCUT2D eigenvalue weighted by Gasteiger charge is -2.12. The highest BCUT2D eigenvalue weighted by Gasteiger charge is 2.22. The minimum atomic E-state index is -0.875. The van der Waals surface area contributed by atoms with Gasteiger partial charge in [0.2, 0.25) is 11.8 Å². The van der Waals surface area contributed by atoms with Crippen LogP contribution >= 0.6 is 0 Å². The standard InChI is InChI=1S/C14H20N2O4/c17-11(12-6-3-7-20-12)8-15-13(18)9-16-14(19)10-4-1-2-5-10/h3,6-7,10-11,17H,1-2,4-5,8-9H2,(H,15,18)(H,16,19). The largest absolute Gasteiger partial charge is 0.467 e. The van der Waals surface area contributed by atoms with Gasteiger partial charge in [-0.2, -0.15) is 0 Å². The van der Waals surface area contributed by atoms with Gasteiger partial charge in [0, 0.05) is 5.92 Å². The first-order chi connectivity index (χ1) is 9.66. The van der Waals surface area contributed by atoms with Crippen LogP contribution in [0.2, 0.25) is 0 Å². The average Bonchev–Trinajstić information content (AvgIpc) is 3.14. The first-order valence-electron chi connectivity index (χ1n) is 6.92. The lowest BCUT2D eigenvalue weighted by Crippen LogP contribution is -2.40. The third-order valence-corrected chi connectivity index (χ3v) is 3.51. The average molecular weight is 280 g/mol. The molecule has 1 heterocycles. The third kappa shape index (κ3) is 4.09. The van der Waals surface area contributed by atoms with Crippen molar-refractivity contribution in [3.05, 3.63) is 24.2 Å². The van der Waals surface area contributed by atoms with Gasteiger partial charge in [0.1, 0.15) is 11.9 Å². The number of furan rings is 1. The van der Waals surface area contributed by atoms with Gasteiger partial charge in [-0.15, -0.1) is 0 Å². The zero-order chi connectivity index (χ0) is 14.4. The Hall–Kier alpha value is -1.82. The SMILES string of the molecule is O=C(CNC(=O)C1CCCC1)NCC(O)c1ccco1. The fourth-order valence-corrected chi connectivity index (χ4v) is 2.35. The van der Waals surface area contributed by atoms with Gasteiger partial charge in [-0.05, 0) is 25.0 Å². The van der Waals surface area contributed by atoms with Crippen LogP contribution in [0, 0.1) is 5.92 Å². The summed E-state index contributed by atoms with van der Waals surface area (Å²) < 4.78 is 5.02. The van der Waals surface area contributed by atoms with E-state index in [0.717, 1.165) is 25.7 Å². The Morgan fingerprint density at radius 1 is 1.35 bits per heavy atom. The number of nitrogens with one attached hydrogen (secondary N) is 2. The highest BCUT2D eigenvalue weighted by Crippen LogP contribution is 2.24. The molecule has 1 atom stereocenters. The Balaban J connectivity index is 1.64. The molecule has 3 N–H and O–H groups in total. The number of aliphatic hydroxyl groups excluding tert-OH is 1. The Bertz CT molecular complexity index is 438. The Labute approximate surface area is 117 Å². The van der Waals surface area contributed by atoms with E-state index in [1.54, 1.807) is 12.1 Å². The van der Waals surface area contributed by atoms with Gasteiger partial charge in [0.25, 0.3) is 0 Å². The highest BCUT2D eigenvalue weighted by atomic mass is 16.4. The molecule has 0 radical (unpaired) electrons. The van der Waals surface area contributed by atoms with E-state index in [1.165, 1.54) is 6.26 Å². The molecule has 1 aromatic heterocycles. The van der Waals surface area contributed by atoms with E-state index in [9.17, 15) is 14.7 Å². The van der Waals surface area contributed by atoms with Crippen LogP contribution in [0.25, 0.3) is 0 Å². The highest BCUT2D eigenvalue weighted by molar-refractivity contribution is 5.85. The fourth-order valence-electron chi connectivity index (χ4n) is 2.35. The maximum absolute atomic E-state index is 11.7. The molecule has 2 rings (SSSR count). The van der Waals surface area contributed by atoms with E-state index < -0.39 is 6.10 Å². The van der Waals surface area contributed by atoms with Gasteiger partial charge >= 0.3 is 0 Å². The summed E-state index contributed by atoms with van der Waals surface area (Å²) in [6, 6.07) is 3.31. The Morgan fingerprint density at radius 3 is 2.75 bits per heavy atom. The quantitative estimate of drug-likeness (QED) is 0.716. The van der Waals surface area contributed by atoms with Crippen molar-refractivity contribution in [2.75, 3.05) is 13.1 Å². The third-order valence-electron chi connectivity index (χ3n) is 3.51. The van der Waals surface area contributed by atoms with Crippen molar-refractivity contribution in [1.82, 2.24) is 10.6 Å². The fraction of sp³-hybridized carbons (Fsp3) is 0.571. The number of hydrogen-bond acceptors (Lipinski definition) is 4. The van der Waals surface area contributed by atoms with Crippen LogP contribution in [-0.4, -0.2) is 30.0 Å². The topological polar surface area (TPSA) is 91.6 Å². The van der Waals surface area contributed by atoms with Crippen molar-refractivity contribution in [2.45, 2.75) is 31.8 Å². The molecule has 6 nitrogen and oxygen atoms in total. The summed E-state index contributed by atoms with van der Waals surface area (Å²) >= 11 is 0. The van der Waals surface area contributed by atoms with Crippen LogP contribution in [0.4, 0.5) is 0 Å². The van der Waals surface area contributed by atoms with E-state index >= 15 is 0 Å². The van der Waals surface area contributed by atoms with Gasteiger partial charge in [0.15, 0.2) is 0 Å². The van der Waals surface area contributed by atoms with Gasteiger partial charge < -0.3 is 20.2 Å². The molecule has 0 saturated heterocycles. The summed E-state index contributed by atoms with van der Waals surface area (Å²) in [5.41, 5.74) is 0. The zero-order valence-corrected chi connectivity index (χ0v) is 11.3. The molecular weight excluding hydrogens is 260 g/mol. The maximum atomic E-state index is 11.7. The molecule has 2 amide bonds. The normalized spacial score (nSPS) is 16.9. The van der Waals surface area contributed by atoms with Crippen LogP contribution in [0.3, 0.4) is 0 Å². The Kier molecular flexibility index (Phi) is 5.17. The summed E-state index contributed by atoms with van der Waals surface area (Å²) in [6.07, 6.45) is 4.57. The molecule has 110 valence electrons. The smallest absolute Gasteiger partial charge is 0.239 e. The molecule has 1 aliphatic carbocycles. The zero-order valence-electron chi connectivity index (χ0n) is 11.3. The first-order valence-corrected chi connectivity index (χ1v) is 6.92. The van der Waals surface area contributed by atoms with Crippen LogP contribution < -0.4 is 10.6 Å². The van der Waals surface area contributed by atoms with E-state index in [1.807, 2.05) is 0 Å². The molecule has 1 aliphatic rings. The summed E-state index contributed by atoms with van der Waals surface area (Å²) in [6.45, 7) is 0.00581. The van der Waals surface area contributed by atoms with E-state index in [2.05, 4.69) is 10.6 Å². The molecular formula is C14H20N2O4. The predicted molar refractivity (Wildman–Crippen MR) is 71.6 cm³/mol. The number of amides is 2. The number of carbonyl (C=O) groups excluding carboxylic acids is 2. The van der Waals surface area contributed by atoms with Crippen molar-refractivity contribution < 1.29 is 19.1 Å². The second-order valence-electron chi connectivity index (χ2n) is 5.03. The summed E-state index contributed by atoms with van der Waals surface area (Å²) in [7, 11) is 0. The van der Waals surface area contributed by atoms with Gasteiger partial charge in [-0.1, -0.05) is 12.8 Å². The van der Waals surface area contributed by atoms with Crippen molar-refractivity contribution in [3.63, 3.8) is 0 Å². The lowest BCUT2D eigenvalue weighted by molar-refractivity contribution is -0.128. The molecule has 0 aliphatic heterocycles. The van der Waals surface area contributed by atoms with E-state index in [4.69, 9.17) is 4.42 Å². The van der Waals surface area contributed by atoms with E-state index in [-0.39, 0.29) is 30.8 Å². The molecule has 1 unspecified atom stereocenters. The van der Waals surface area contributed by atoms with Crippen molar-refractivity contribution >= 4 is 11.8 Å². The van der Waals surface area contributed by atoms with Crippen LogP contribution in [0.15, 0.2) is 22.8 Å². The molecule has 1 fully saturated rings. The van der Waals surface area contributed by atoms with Gasteiger partial charge in [-0.25, -0.2) is 0 Å². The maximum Gasteiger partial charge on any atom is 0.239 e. The molecule has 1 aromatic rings. The van der Waals surface area contributed by atoms with Gasteiger partial charge in [0.05, 0.1) is 19.4 Å². The molecule has 0 spiro atoms. The minimum Gasteiger partial charge on any atom is -0.467 e. The predicted octanol–water partition coefficient (Wildman–Crippen LogP) is 0.736. The summed E-state index contributed by atoms with van der Waals surface area (Å²) in [5, 5.41) is 14.9. The lowest BCUT2D eigenvalue weighted by atomic mass is 10.1. The van der Waals surface area contributed by atoms with Crippen molar-refractivity contribution in [2.24, 2.45) is 5.92 Å². The molecule has 0 bridgehead atoms. The minimum absolute atomic E-state index is 0.0516. The van der Waals surface area contributed by atoms with Crippen LogP contribution in [0.1, 0.15) is 37.5 Å². The second-order valence-corrected chi connectivity index (χ2v) is 5.03. The van der Waals surface area contributed by atoms with Gasteiger partial charge in [-0.3, -0.25) is 9.59 Å². The van der Waals surface area contributed by atoms with Crippen molar-refractivity contribution in [1.29, 1.82) is 0 Å². The summed E-state index contributed by atoms with van der Waals surface area (Å²) in [4.78, 5) is 23.3. The number of carbonyl (C=O) groups is 2.